The van der Waals surface area contributed by atoms with Gasteiger partial charge in [0.05, 0.1) is 19.4 Å². The molecular formula is C15H23N3O4. The smallest absolute Gasteiger partial charge is 0.294 e. The lowest BCUT2D eigenvalue weighted by atomic mass is 10.4. The maximum absolute atomic E-state index is 12.0. The third kappa shape index (κ3) is 5.50. The zero-order valence-corrected chi connectivity index (χ0v) is 12.9. The third-order valence-electron chi connectivity index (χ3n) is 3.36. The van der Waals surface area contributed by atoms with Gasteiger partial charge in [-0.3, -0.25) is 10.1 Å². The largest absolute Gasteiger partial charge is 0.463 e. The van der Waals surface area contributed by atoms with Gasteiger partial charge in [-0.05, 0) is 38.1 Å². The van der Waals surface area contributed by atoms with E-state index in [0.29, 0.717) is 19.8 Å². The molecule has 7 nitrogen and oxygen atoms in total. The van der Waals surface area contributed by atoms with Crippen molar-refractivity contribution in [2.24, 2.45) is 4.99 Å². The highest BCUT2D eigenvalue weighted by Crippen LogP contribution is 2.06. The number of carbonyl (C=O) groups excluding carboxylic acids is 1. The summed E-state index contributed by atoms with van der Waals surface area (Å²) in [6.07, 6.45) is 3.94. The Bertz CT molecular complexity index is 467. The lowest BCUT2D eigenvalue weighted by Gasteiger charge is -2.13. The van der Waals surface area contributed by atoms with Crippen LogP contribution in [0.2, 0.25) is 0 Å². The predicted octanol–water partition coefficient (Wildman–Crippen LogP) is 1.12. The van der Waals surface area contributed by atoms with Gasteiger partial charge in [-0.25, -0.2) is 4.99 Å². The molecule has 1 aromatic rings. The molecule has 1 saturated heterocycles. The number of methoxy groups -OCH3 is 1. The summed E-state index contributed by atoms with van der Waals surface area (Å²) in [6, 6.07) is 3.45. The van der Waals surface area contributed by atoms with Crippen LogP contribution in [0.25, 0.3) is 0 Å². The van der Waals surface area contributed by atoms with Crippen LogP contribution in [-0.2, 0) is 9.47 Å². The zero-order chi connectivity index (χ0) is 15.6. The van der Waals surface area contributed by atoms with Crippen molar-refractivity contribution in [2.75, 3.05) is 46.5 Å². The number of amidine groups is 1. The van der Waals surface area contributed by atoms with Crippen molar-refractivity contribution in [3.05, 3.63) is 24.2 Å². The summed E-state index contributed by atoms with van der Waals surface area (Å²) in [4.78, 5) is 18.6. The van der Waals surface area contributed by atoms with Crippen molar-refractivity contribution >= 4 is 11.9 Å². The number of rotatable bonds is 7. The van der Waals surface area contributed by atoms with E-state index in [-0.39, 0.29) is 17.7 Å². The maximum atomic E-state index is 12.0. The molecule has 0 spiro atoms. The van der Waals surface area contributed by atoms with Crippen LogP contribution in [0.5, 0.6) is 0 Å². The Balaban J connectivity index is 1.84. The predicted molar refractivity (Wildman–Crippen MR) is 82.0 cm³/mol. The summed E-state index contributed by atoms with van der Waals surface area (Å²) >= 11 is 0. The first-order valence-corrected chi connectivity index (χ1v) is 7.53. The van der Waals surface area contributed by atoms with Crippen LogP contribution in [0.15, 0.2) is 27.8 Å². The summed E-state index contributed by atoms with van der Waals surface area (Å²) < 4.78 is 15.4. The highest BCUT2D eigenvalue weighted by Gasteiger charge is 2.13. The molecular weight excluding hydrogens is 286 g/mol. The van der Waals surface area contributed by atoms with E-state index in [4.69, 9.17) is 13.9 Å². The van der Waals surface area contributed by atoms with Crippen molar-refractivity contribution in [1.29, 1.82) is 0 Å². The standard InChI is InChI=1S/C15H23N3O4/c1-20-11-12-22-15(16-6-9-18-7-2-3-8-18)17-14(19)13-5-4-10-21-13/h4-5,10H,2-3,6-9,11-12H2,1H3,(H,16,17,19). The second-order valence-corrected chi connectivity index (χ2v) is 5.01. The Kier molecular flexibility index (Phi) is 6.92. The van der Waals surface area contributed by atoms with Gasteiger partial charge in [-0.2, -0.15) is 0 Å². The minimum absolute atomic E-state index is 0.206. The molecule has 0 unspecified atom stereocenters. The molecule has 0 atom stereocenters. The Morgan fingerprint density at radius 3 is 2.91 bits per heavy atom. The van der Waals surface area contributed by atoms with Crippen molar-refractivity contribution in [3.8, 4) is 0 Å². The average Bonchev–Trinajstić information content (AvgIpc) is 3.20. The molecule has 0 aromatic carbocycles. The molecule has 22 heavy (non-hydrogen) atoms. The van der Waals surface area contributed by atoms with Gasteiger partial charge in [0, 0.05) is 13.7 Å². The van der Waals surface area contributed by atoms with Gasteiger partial charge >= 0.3 is 0 Å². The van der Waals surface area contributed by atoms with Gasteiger partial charge in [0.25, 0.3) is 11.9 Å². The van der Waals surface area contributed by atoms with Crippen LogP contribution < -0.4 is 5.32 Å². The Hall–Kier alpha value is -1.86. The van der Waals surface area contributed by atoms with E-state index in [1.165, 1.54) is 19.1 Å². The maximum Gasteiger partial charge on any atom is 0.294 e. The molecule has 1 N–H and O–H groups in total. The number of likely N-dealkylation sites (tertiary alicyclic amines) is 1. The molecule has 122 valence electrons. The summed E-state index contributed by atoms with van der Waals surface area (Å²) in [5, 5.41) is 2.62. The second kappa shape index (κ2) is 9.22. The van der Waals surface area contributed by atoms with Gasteiger partial charge in [0.15, 0.2) is 5.76 Å². The first kappa shape index (κ1) is 16.5. The Labute approximate surface area is 130 Å². The lowest BCUT2D eigenvalue weighted by molar-refractivity contribution is 0.0927. The number of amides is 1. The number of aliphatic imine (C=N–C) groups is 1. The average molecular weight is 309 g/mol. The first-order valence-electron chi connectivity index (χ1n) is 7.53. The van der Waals surface area contributed by atoms with Crippen molar-refractivity contribution < 1.29 is 18.7 Å². The quantitative estimate of drug-likeness (QED) is 0.464. The topological polar surface area (TPSA) is 76.3 Å². The van der Waals surface area contributed by atoms with Crippen LogP contribution >= 0.6 is 0 Å². The summed E-state index contributed by atoms with van der Waals surface area (Å²) in [7, 11) is 1.59. The van der Waals surface area contributed by atoms with Crippen molar-refractivity contribution in [2.45, 2.75) is 12.8 Å². The minimum Gasteiger partial charge on any atom is -0.463 e. The molecule has 7 heteroatoms. The number of carbonyl (C=O) groups is 1. The fourth-order valence-corrected chi connectivity index (χ4v) is 2.21. The summed E-state index contributed by atoms with van der Waals surface area (Å²) in [6.45, 7) is 4.45. The minimum atomic E-state index is -0.373. The molecule has 1 amide bonds. The van der Waals surface area contributed by atoms with E-state index < -0.39 is 0 Å². The molecule has 1 aliphatic heterocycles. The molecule has 0 saturated carbocycles. The van der Waals surface area contributed by atoms with Gasteiger partial charge in [-0.15, -0.1) is 0 Å². The lowest BCUT2D eigenvalue weighted by Crippen LogP contribution is -2.34. The normalized spacial score (nSPS) is 16.0. The highest BCUT2D eigenvalue weighted by molar-refractivity contribution is 6.02. The fourth-order valence-electron chi connectivity index (χ4n) is 2.21. The summed E-state index contributed by atoms with van der Waals surface area (Å²) in [5.41, 5.74) is 0. The number of furan rings is 1. The monoisotopic (exact) mass is 309 g/mol. The SMILES string of the molecule is COCCOC(=NCCN1CCCC1)NC(=O)c1ccco1. The van der Waals surface area contributed by atoms with E-state index in [9.17, 15) is 4.79 Å². The van der Waals surface area contributed by atoms with Crippen LogP contribution in [-0.4, -0.2) is 63.3 Å². The van der Waals surface area contributed by atoms with Crippen molar-refractivity contribution in [1.82, 2.24) is 10.2 Å². The van der Waals surface area contributed by atoms with Crippen LogP contribution in [0.3, 0.4) is 0 Å². The number of nitrogens with one attached hydrogen (secondary N) is 1. The van der Waals surface area contributed by atoms with Gasteiger partial charge < -0.3 is 18.8 Å². The number of hydrogen-bond acceptors (Lipinski definition) is 6. The summed E-state index contributed by atoms with van der Waals surface area (Å²) in [5.74, 6) is -0.148. The molecule has 2 heterocycles. The van der Waals surface area contributed by atoms with Crippen LogP contribution in [0.1, 0.15) is 23.4 Å². The van der Waals surface area contributed by atoms with E-state index >= 15 is 0 Å². The van der Waals surface area contributed by atoms with Crippen LogP contribution in [0.4, 0.5) is 0 Å². The number of hydrogen-bond donors (Lipinski definition) is 1. The number of ether oxygens (including phenoxy) is 2. The van der Waals surface area contributed by atoms with Crippen LogP contribution in [0, 0.1) is 0 Å². The molecule has 1 aliphatic rings. The van der Waals surface area contributed by atoms with Gasteiger partial charge in [0.1, 0.15) is 6.61 Å². The molecule has 2 rings (SSSR count). The third-order valence-corrected chi connectivity index (χ3v) is 3.36. The van der Waals surface area contributed by atoms with E-state index in [1.54, 1.807) is 19.2 Å². The molecule has 1 fully saturated rings. The Morgan fingerprint density at radius 1 is 1.41 bits per heavy atom. The fraction of sp³-hybridized carbons (Fsp3) is 0.600. The van der Waals surface area contributed by atoms with E-state index in [0.717, 1.165) is 19.6 Å². The van der Waals surface area contributed by atoms with Crippen molar-refractivity contribution in [3.63, 3.8) is 0 Å². The van der Waals surface area contributed by atoms with Gasteiger partial charge in [-0.1, -0.05) is 0 Å². The van der Waals surface area contributed by atoms with E-state index in [1.807, 2.05) is 0 Å². The molecule has 0 bridgehead atoms. The van der Waals surface area contributed by atoms with E-state index in [2.05, 4.69) is 15.2 Å². The molecule has 0 radical (unpaired) electrons. The highest BCUT2D eigenvalue weighted by atomic mass is 16.5. The number of nitrogens with zero attached hydrogens (tertiary/aromatic N) is 2. The zero-order valence-electron chi connectivity index (χ0n) is 12.9. The Morgan fingerprint density at radius 2 is 2.23 bits per heavy atom. The second-order valence-electron chi connectivity index (χ2n) is 5.01. The first-order chi connectivity index (χ1) is 10.8. The molecule has 1 aromatic heterocycles. The molecule has 0 aliphatic carbocycles. The van der Waals surface area contributed by atoms with Gasteiger partial charge in [0.2, 0.25) is 0 Å².